The number of nitrogens with one attached hydrogen (secondary N) is 1. The maximum absolute atomic E-state index is 12.4. The molecule has 1 aromatic rings. The number of carbonyl (C=O) groups is 1. The van der Waals surface area contributed by atoms with Gasteiger partial charge in [-0.2, -0.15) is 0 Å². The molecule has 1 aromatic carbocycles. The van der Waals surface area contributed by atoms with Gasteiger partial charge in [0.05, 0.1) is 6.54 Å². The number of piperazine rings is 1. The molecule has 0 bridgehead atoms. The van der Waals surface area contributed by atoms with Crippen LogP contribution in [0.4, 0.5) is 0 Å². The standard InChI is InChI=1S/C22H35N5O/c1-3-23-22(25(2)18-19-8-5-4-6-9-19)24-12-13-26-14-16-27(17-15-26)21(28)20-10-7-11-20/h4-6,8-9,20H,3,7,10-18H2,1-2H3,(H,23,24). The van der Waals surface area contributed by atoms with E-state index in [0.29, 0.717) is 11.8 Å². The van der Waals surface area contributed by atoms with Crippen LogP contribution in [0.5, 0.6) is 0 Å². The Balaban J connectivity index is 1.43. The maximum Gasteiger partial charge on any atom is 0.225 e. The largest absolute Gasteiger partial charge is 0.357 e. The number of hydrogen-bond acceptors (Lipinski definition) is 3. The summed E-state index contributed by atoms with van der Waals surface area (Å²) in [5, 5.41) is 3.39. The SMILES string of the molecule is CCNC(=NCCN1CCN(C(=O)C2CCC2)CC1)N(C)Cc1ccccc1. The lowest BCUT2D eigenvalue weighted by atomic mass is 9.84. The van der Waals surface area contributed by atoms with Crippen molar-refractivity contribution in [1.82, 2.24) is 20.0 Å². The van der Waals surface area contributed by atoms with E-state index in [9.17, 15) is 4.79 Å². The van der Waals surface area contributed by atoms with Crippen molar-refractivity contribution in [2.75, 3.05) is 52.9 Å². The van der Waals surface area contributed by atoms with Gasteiger partial charge in [0.1, 0.15) is 0 Å². The van der Waals surface area contributed by atoms with E-state index in [0.717, 1.165) is 71.2 Å². The van der Waals surface area contributed by atoms with Gasteiger partial charge in [-0.05, 0) is 25.3 Å². The van der Waals surface area contributed by atoms with Crippen LogP contribution in [-0.4, -0.2) is 79.4 Å². The molecule has 0 radical (unpaired) electrons. The van der Waals surface area contributed by atoms with Crippen molar-refractivity contribution in [1.29, 1.82) is 0 Å². The van der Waals surface area contributed by atoms with Gasteiger partial charge >= 0.3 is 0 Å². The predicted octanol–water partition coefficient (Wildman–Crippen LogP) is 2.03. The second-order valence-electron chi connectivity index (χ2n) is 7.87. The third kappa shape index (κ3) is 5.71. The average Bonchev–Trinajstić information content (AvgIpc) is 2.67. The van der Waals surface area contributed by atoms with E-state index in [4.69, 9.17) is 4.99 Å². The molecule has 154 valence electrons. The summed E-state index contributed by atoms with van der Waals surface area (Å²) in [4.78, 5) is 23.8. The Morgan fingerprint density at radius 3 is 2.50 bits per heavy atom. The molecule has 2 aliphatic rings. The van der Waals surface area contributed by atoms with Gasteiger partial charge in [-0.15, -0.1) is 0 Å². The van der Waals surface area contributed by atoms with Gasteiger partial charge in [0.15, 0.2) is 5.96 Å². The summed E-state index contributed by atoms with van der Waals surface area (Å²) in [7, 11) is 2.08. The third-order valence-corrected chi connectivity index (χ3v) is 5.78. The molecule has 3 rings (SSSR count). The van der Waals surface area contributed by atoms with Crippen LogP contribution in [0.3, 0.4) is 0 Å². The molecule has 1 heterocycles. The summed E-state index contributed by atoms with van der Waals surface area (Å²) in [6.07, 6.45) is 3.41. The van der Waals surface area contributed by atoms with Crippen LogP contribution >= 0.6 is 0 Å². The second-order valence-corrected chi connectivity index (χ2v) is 7.87. The first-order valence-corrected chi connectivity index (χ1v) is 10.7. The molecule has 1 amide bonds. The minimum atomic E-state index is 0.318. The van der Waals surface area contributed by atoms with Crippen LogP contribution in [0.2, 0.25) is 0 Å². The van der Waals surface area contributed by atoms with E-state index >= 15 is 0 Å². The van der Waals surface area contributed by atoms with Crippen LogP contribution in [0.1, 0.15) is 31.7 Å². The quantitative estimate of drug-likeness (QED) is 0.576. The zero-order chi connectivity index (χ0) is 19.8. The molecule has 2 fully saturated rings. The number of rotatable bonds is 7. The molecular formula is C22H35N5O. The van der Waals surface area contributed by atoms with Gasteiger partial charge in [0, 0.05) is 58.8 Å². The number of aliphatic imine (C=N–C) groups is 1. The van der Waals surface area contributed by atoms with Crippen molar-refractivity contribution in [2.45, 2.75) is 32.7 Å². The van der Waals surface area contributed by atoms with Crippen molar-refractivity contribution in [3.63, 3.8) is 0 Å². The van der Waals surface area contributed by atoms with E-state index in [1.807, 2.05) is 6.07 Å². The van der Waals surface area contributed by atoms with Crippen molar-refractivity contribution < 1.29 is 4.79 Å². The summed E-state index contributed by atoms with van der Waals surface area (Å²) in [6.45, 7) is 9.19. The van der Waals surface area contributed by atoms with Crippen molar-refractivity contribution >= 4 is 11.9 Å². The summed E-state index contributed by atoms with van der Waals surface area (Å²) in [5.74, 6) is 1.66. The second kappa shape index (κ2) is 10.5. The first kappa shape index (κ1) is 20.6. The van der Waals surface area contributed by atoms with Crippen LogP contribution in [0, 0.1) is 5.92 Å². The Morgan fingerprint density at radius 2 is 1.89 bits per heavy atom. The smallest absolute Gasteiger partial charge is 0.225 e. The highest BCUT2D eigenvalue weighted by Crippen LogP contribution is 2.28. The lowest BCUT2D eigenvalue weighted by Crippen LogP contribution is -2.51. The van der Waals surface area contributed by atoms with E-state index in [-0.39, 0.29) is 0 Å². The number of carbonyl (C=O) groups excluding carboxylic acids is 1. The molecule has 0 aromatic heterocycles. The monoisotopic (exact) mass is 385 g/mol. The zero-order valence-electron chi connectivity index (χ0n) is 17.4. The third-order valence-electron chi connectivity index (χ3n) is 5.78. The van der Waals surface area contributed by atoms with E-state index in [1.165, 1.54) is 12.0 Å². The zero-order valence-corrected chi connectivity index (χ0v) is 17.4. The predicted molar refractivity (Wildman–Crippen MR) is 114 cm³/mol. The summed E-state index contributed by atoms with van der Waals surface area (Å²) >= 11 is 0. The highest BCUT2D eigenvalue weighted by atomic mass is 16.2. The van der Waals surface area contributed by atoms with Gasteiger partial charge in [0.25, 0.3) is 0 Å². The topological polar surface area (TPSA) is 51.2 Å². The van der Waals surface area contributed by atoms with Gasteiger partial charge in [-0.3, -0.25) is 14.7 Å². The molecular weight excluding hydrogens is 350 g/mol. The number of guanidine groups is 1. The molecule has 0 unspecified atom stereocenters. The normalized spacial score (nSPS) is 18.6. The molecule has 1 N–H and O–H groups in total. The summed E-state index contributed by atoms with van der Waals surface area (Å²) < 4.78 is 0. The van der Waals surface area contributed by atoms with Gasteiger partial charge in [-0.25, -0.2) is 0 Å². The molecule has 6 nitrogen and oxygen atoms in total. The van der Waals surface area contributed by atoms with Crippen LogP contribution in [-0.2, 0) is 11.3 Å². The molecule has 1 aliphatic carbocycles. The Bertz CT molecular complexity index is 636. The fraction of sp³-hybridized carbons (Fsp3) is 0.636. The summed E-state index contributed by atoms with van der Waals surface area (Å²) in [5.41, 5.74) is 1.28. The number of hydrogen-bond donors (Lipinski definition) is 1. The van der Waals surface area contributed by atoms with E-state index in [1.54, 1.807) is 0 Å². The number of benzene rings is 1. The van der Waals surface area contributed by atoms with Gasteiger partial charge < -0.3 is 15.1 Å². The first-order chi connectivity index (χ1) is 13.7. The lowest BCUT2D eigenvalue weighted by molar-refractivity contribution is -0.139. The van der Waals surface area contributed by atoms with Crippen LogP contribution in [0.15, 0.2) is 35.3 Å². The highest BCUT2D eigenvalue weighted by Gasteiger charge is 2.30. The van der Waals surface area contributed by atoms with E-state index < -0.39 is 0 Å². The number of nitrogens with zero attached hydrogens (tertiary/aromatic N) is 4. The van der Waals surface area contributed by atoms with Gasteiger partial charge in [-0.1, -0.05) is 36.8 Å². The molecule has 1 aliphatic heterocycles. The molecule has 1 saturated heterocycles. The molecule has 28 heavy (non-hydrogen) atoms. The van der Waals surface area contributed by atoms with Crippen LogP contribution < -0.4 is 5.32 Å². The Labute approximate surface area is 169 Å². The summed E-state index contributed by atoms with van der Waals surface area (Å²) in [6, 6.07) is 10.5. The van der Waals surface area contributed by atoms with Crippen molar-refractivity contribution in [3.05, 3.63) is 35.9 Å². The van der Waals surface area contributed by atoms with Gasteiger partial charge in [0.2, 0.25) is 5.91 Å². The molecule has 0 spiro atoms. The highest BCUT2D eigenvalue weighted by molar-refractivity contribution is 5.80. The minimum Gasteiger partial charge on any atom is -0.357 e. The fourth-order valence-electron chi connectivity index (χ4n) is 3.80. The average molecular weight is 386 g/mol. The Hall–Kier alpha value is -2.08. The Kier molecular flexibility index (Phi) is 7.71. The molecule has 6 heteroatoms. The maximum atomic E-state index is 12.4. The van der Waals surface area contributed by atoms with Crippen molar-refractivity contribution in [3.8, 4) is 0 Å². The van der Waals surface area contributed by atoms with E-state index in [2.05, 4.69) is 58.3 Å². The molecule has 1 saturated carbocycles. The molecule has 0 atom stereocenters. The first-order valence-electron chi connectivity index (χ1n) is 10.7. The van der Waals surface area contributed by atoms with Crippen LogP contribution in [0.25, 0.3) is 0 Å². The number of amides is 1. The van der Waals surface area contributed by atoms with Crippen molar-refractivity contribution in [2.24, 2.45) is 10.9 Å². The fourth-order valence-corrected chi connectivity index (χ4v) is 3.80. The lowest BCUT2D eigenvalue weighted by Gasteiger charge is -2.38. The minimum absolute atomic E-state index is 0.318. The Morgan fingerprint density at radius 1 is 1.18 bits per heavy atom.